The van der Waals surface area contributed by atoms with E-state index < -0.39 is 5.82 Å². The second-order valence-electron chi connectivity index (χ2n) is 3.45. The molecule has 1 atom stereocenters. The summed E-state index contributed by atoms with van der Waals surface area (Å²) in [5.74, 6) is -0.971. The number of hydrogen-bond donors (Lipinski definition) is 2. The number of allylic oxidation sites excluding steroid dienone is 1. The van der Waals surface area contributed by atoms with Crippen molar-refractivity contribution in [3.05, 3.63) is 41.4 Å². The Kier molecular flexibility index (Phi) is 2.41. The first kappa shape index (κ1) is 9.71. The molecule has 1 aromatic rings. The first-order valence-electron chi connectivity index (χ1n) is 4.61. The fourth-order valence-corrected chi connectivity index (χ4v) is 1.36. The number of phenolic OH excluding ortho intramolecular Hbond substituents is 1. The third-order valence-electron chi connectivity index (χ3n) is 2.18. The van der Waals surface area contributed by atoms with Crippen LogP contribution in [0.4, 0.5) is 4.39 Å². The van der Waals surface area contributed by atoms with Crippen molar-refractivity contribution in [2.75, 3.05) is 0 Å². The number of nitrogens with one attached hydrogen (secondary N) is 1. The van der Waals surface area contributed by atoms with Crippen LogP contribution in [0.1, 0.15) is 18.7 Å². The molecule has 1 aliphatic heterocycles. The first-order valence-corrected chi connectivity index (χ1v) is 4.61. The third-order valence-corrected chi connectivity index (χ3v) is 2.18. The van der Waals surface area contributed by atoms with Gasteiger partial charge in [-0.3, -0.25) is 4.99 Å². The third kappa shape index (κ3) is 1.98. The maximum Gasteiger partial charge on any atom is 0.165 e. The van der Waals surface area contributed by atoms with Gasteiger partial charge in [0.1, 0.15) is 6.17 Å². The maximum atomic E-state index is 13.1. The van der Waals surface area contributed by atoms with Crippen molar-refractivity contribution in [3.63, 3.8) is 0 Å². The number of halogens is 1. The van der Waals surface area contributed by atoms with Gasteiger partial charge in [0.25, 0.3) is 0 Å². The van der Waals surface area contributed by atoms with Crippen molar-refractivity contribution in [3.8, 4) is 5.75 Å². The molecule has 0 saturated carbocycles. The minimum Gasteiger partial charge on any atom is -0.505 e. The van der Waals surface area contributed by atoms with Crippen molar-refractivity contribution in [1.29, 1.82) is 0 Å². The number of phenols is 1. The van der Waals surface area contributed by atoms with Crippen molar-refractivity contribution in [2.45, 2.75) is 13.1 Å². The van der Waals surface area contributed by atoms with Crippen LogP contribution < -0.4 is 5.32 Å². The van der Waals surface area contributed by atoms with E-state index >= 15 is 0 Å². The molecule has 0 fully saturated rings. The van der Waals surface area contributed by atoms with Gasteiger partial charge >= 0.3 is 0 Å². The Labute approximate surface area is 87.0 Å². The molecular formula is C11H11FN2O. The number of benzene rings is 1. The van der Waals surface area contributed by atoms with Gasteiger partial charge in [-0.2, -0.15) is 0 Å². The number of nitrogens with zero attached hydrogens (tertiary/aromatic N) is 1. The molecule has 0 saturated heterocycles. The lowest BCUT2D eigenvalue weighted by atomic mass is 10.1. The summed E-state index contributed by atoms with van der Waals surface area (Å²) >= 11 is 0. The highest BCUT2D eigenvalue weighted by molar-refractivity contribution is 5.78. The normalized spacial score (nSPS) is 19.6. The van der Waals surface area contributed by atoms with E-state index in [2.05, 4.69) is 10.3 Å². The summed E-state index contributed by atoms with van der Waals surface area (Å²) in [6.07, 6.45) is 3.28. The van der Waals surface area contributed by atoms with Gasteiger partial charge in [0.05, 0.1) is 0 Å². The van der Waals surface area contributed by atoms with Crippen LogP contribution in [0.25, 0.3) is 0 Å². The van der Waals surface area contributed by atoms with Crippen molar-refractivity contribution in [2.24, 2.45) is 4.99 Å². The molecular weight excluding hydrogens is 195 g/mol. The summed E-state index contributed by atoms with van der Waals surface area (Å²) in [6.45, 7) is 1.92. The van der Waals surface area contributed by atoms with Crippen molar-refractivity contribution in [1.82, 2.24) is 5.32 Å². The van der Waals surface area contributed by atoms with Gasteiger partial charge in [-0.1, -0.05) is 6.07 Å². The second-order valence-corrected chi connectivity index (χ2v) is 3.45. The minimum absolute atomic E-state index is 0.274. The Balaban J connectivity index is 2.25. The predicted molar refractivity (Wildman–Crippen MR) is 56.2 cm³/mol. The fourth-order valence-electron chi connectivity index (χ4n) is 1.36. The van der Waals surface area contributed by atoms with E-state index in [-0.39, 0.29) is 11.9 Å². The van der Waals surface area contributed by atoms with Gasteiger partial charge in [0, 0.05) is 12.4 Å². The van der Waals surface area contributed by atoms with Crippen LogP contribution in [0.5, 0.6) is 5.75 Å². The Hall–Kier alpha value is -1.84. The summed E-state index contributed by atoms with van der Waals surface area (Å²) in [5, 5.41) is 12.1. The molecule has 4 heteroatoms. The summed E-state index contributed by atoms with van der Waals surface area (Å²) in [5.41, 5.74) is 1.70. The topological polar surface area (TPSA) is 44.6 Å². The highest BCUT2D eigenvalue weighted by atomic mass is 19.1. The number of hydrogen-bond acceptors (Lipinski definition) is 3. The Morgan fingerprint density at radius 1 is 1.47 bits per heavy atom. The zero-order valence-electron chi connectivity index (χ0n) is 8.24. The molecule has 1 aliphatic rings. The van der Waals surface area contributed by atoms with Crippen LogP contribution in [-0.4, -0.2) is 11.3 Å². The monoisotopic (exact) mass is 206 g/mol. The van der Waals surface area contributed by atoms with Crippen molar-refractivity contribution >= 4 is 6.21 Å². The zero-order chi connectivity index (χ0) is 10.8. The van der Waals surface area contributed by atoms with Crippen LogP contribution in [0.15, 0.2) is 35.0 Å². The van der Waals surface area contributed by atoms with E-state index in [9.17, 15) is 4.39 Å². The number of aromatic hydroxyl groups is 1. The van der Waals surface area contributed by atoms with E-state index in [1.165, 1.54) is 12.1 Å². The second kappa shape index (κ2) is 3.73. The van der Waals surface area contributed by atoms with Crippen molar-refractivity contribution < 1.29 is 9.50 Å². The molecule has 0 spiro atoms. The smallest absolute Gasteiger partial charge is 0.165 e. The van der Waals surface area contributed by atoms with Gasteiger partial charge in [0.2, 0.25) is 0 Å². The molecule has 0 radical (unpaired) electrons. The van der Waals surface area contributed by atoms with E-state index in [4.69, 9.17) is 5.11 Å². The largest absolute Gasteiger partial charge is 0.505 e. The van der Waals surface area contributed by atoms with Crippen LogP contribution in [0.2, 0.25) is 0 Å². The zero-order valence-corrected chi connectivity index (χ0v) is 8.24. The average molecular weight is 206 g/mol. The van der Waals surface area contributed by atoms with E-state index in [1.807, 2.05) is 13.1 Å². The van der Waals surface area contributed by atoms with Crippen LogP contribution in [0.3, 0.4) is 0 Å². The minimum atomic E-state index is -0.629. The lowest BCUT2D eigenvalue weighted by molar-refractivity contribution is 0.431. The molecule has 78 valence electrons. The van der Waals surface area contributed by atoms with E-state index in [0.717, 1.165) is 5.57 Å². The van der Waals surface area contributed by atoms with Gasteiger partial charge in [0.15, 0.2) is 11.6 Å². The number of rotatable bonds is 1. The Bertz CT molecular complexity index is 440. The quantitative estimate of drug-likeness (QED) is 0.739. The molecule has 0 amide bonds. The van der Waals surface area contributed by atoms with Gasteiger partial charge < -0.3 is 10.4 Å². The molecule has 0 aliphatic carbocycles. The molecule has 1 aromatic carbocycles. The maximum absolute atomic E-state index is 13.1. The molecule has 2 N–H and O–H groups in total. The Morgan fingerprint density at radius 3 is 2.87 bits per heavy atom. The van der Waals surface area contributed by atoms with Gasteiger partial charge in [-0.25, -0.2) is 4.39 Å². The van der Waals surface area contributed by atoms with E-state index in [0.29, 0.717) is 5.56 Å². The lowest BCUT2D eigenvalue weighted by Gasteiger charge is -2.17. The van der Waals surface area contributed by atoms with Crippen LogP contribution in [-0.2, 0) is 0 Å². The molecule has 0 bridgehead atoms. The predicted octanol–water partition coefficient (Wildman–Crippen LogP) is 2.11. The summed E-state index contributed by atoms with van der Waals surface area (Å²) < 4.78 is 13.1. The summed E-state index contributed by atoms with van der Waals surface area (Å²) in [7, 11) is 0. The molecule has 0 aromatic heterocycles. The standard InChI is InChI=1S/C11H11FN2O/c1-7-5-13-11(14-6-7)8-2-3-10(15)9(12)4-8/h2-6,11,13,15H,1H3. The average Bonchev–Trinajstić information content (AvgIpc) is 2.23. The van der Waals surface area contributed by atoms with E-state index in [1.54, 1.807) is 12.3 Å². The SMILES string of the molecule is CC1=CNC(c2ccc(O)c(F)c2)N=C1. The first-order chi connectivity index (χ1) is 7.16. The highest BCUT2D eigenvalue weighted by Gasteiger charge is 2.12. The summed E-state index contributed by atoms with van der Waals surface area (Å²) in [4.78, 5) is 4.20. The number of aliphatic imine (C=N–C) groups is 1. The molecule has 3 nitrogen and oxygen atoms in total. The Morgan fingerprint density at radius 2 is 2.27 bits per heavy atom. The molecule has 15 heavy (non-hydrogen) atoms. The van der Waals surface area contributed by atoms with Gasteiger partial charge in [-0.05, 0) is 30.2 Å². The fraction of sp³-hybridized carbons (Fsp3) is 0.182. The molecule has 2 rings (SSSR count). The van der Waals surface area contributed by atoms with Gasteiger partial charge in [-0.15, -0.1) is 0 Å². The molecule has 1 heterocycles. The summed E-state index contributed by atoms with van der Waals surface area (Å²) in [6, 6.07) is 4.24. The lowest BCUT2D eigenvalue weighted by Crippen LogP contribution is -2.17. The van der Waals surface area contributed by atoms with Crippen LogP contribution >= 0.6 is 0 Å². The highest BCUT2D eigenvalue weighted by Crippen LogP contribution is 2.22. The van der Waals surface area contributed by atoms with Crippen LogP contribution in [0, 0.1) is 5.82 Å². The molecule has 1 unspecified atom stereocenters.